The Kier molecular flexibility index (Phi) is 9.35. The van der Waals surface area contributed by atoms with Crippen LogP contribution in [0.1, 0.15) is 5.56 Å². The zero-order valence-corrected chi connectivity index (χ0v) is 36.1. The zero-order valence-electron chi connectivity index (χ0n) is 31.9. The van der Waals surface area contributed by atoms with Crippen LogP contribution < -0.4 is 0 Å². The van der Waals surface area contributed by atoms with E-state index in [4.69, 9.17) is 0 Å². The van der Waals surface area contributed by atoms with E-state index in [1.165, 1.54) is 27.1 Å². The molecule has 0 bridgehead atoms. The first-order valence-corrected chi connectivity index (χ1v) is 19.5. The van der Waals surface area contributed by atoms with Gasteiger partial charge in [-0.25, -0.2) is 5.56 Å². The van der Waals surface area contributed by atoms with E-state index in [1.807, 2.05) is 42.5 Å². The van der Waals surface area contributed by atoms with Gasteiger partial charge in [0.25, 0.3) is 0 Å². The number of aromatic nitrogens is 2. The van der Waals surface area contributed by atoms with Crippen molar-refractivity contribution in [1.82, 2.24) is 9.13 Å². The van der Waals surface area contributed by atoms with E-state index in [-0.39, 0.29) is 31.1 Å². The molecule has 0 amide bonds. The number of benzene rings is 9. The average Bonchev–Trinajstić information content (AvgIpc) is 3.82. The van der Waals surface area contributed by atoms with Crippen LogP contribution in [0.3, 0.4) is 0 Å². The molecule has 2 heterocycles. The fourth-order valence-corrected chi connectivity index (χ4v) is 8.67. The molecule has 272 valence electrons. The number of fused-ring (bicyclic) bond motifs is 6. The standard InChI is InChI=1S/C55H33N3.U/c56-36-37-24-28-46(29-25-37)58-51-22-8-7-20-48(51)55-47(21-11-23-54(55)58)44-17-10-16-41(33-44)43-27-31-53-50(35-43)49-34-42(26-30-52(49)57(53)45-18-5-2-6-19-45)40-15-9-14-39(32-40)38-12-3-1-4-13-38;/h1-12,14-31,33-35H;/q-2;+2. The molecule has 4 heteroatoms. The summed E-state index contributed by atoms with van der Waals surface area (Å²) in [6.07, 6.45) is 0. The van der Waals surface area contributed by atoms with Crippen molar-refractivity contribution in [2.75, 3.05) is 0 Å². The molecule has 0 aliphatic heterocycles. The Morgan fingerprint density at radius 3 is 1.80 bits per heavy atom. The molecule has 3 nitrogen and oxygen atoms in total. The molecule has 0 radical (unpaired) electrons. The summed E-state index contributed by atoms with van der Waals surface area (Å²) in [5, 5.41) is 14.2. The van der Waals surface area contributed by atoms with Crippen LogP contribution in [-0.4, -0.2) is 9.13 Å². The minimum Gasteiger partial charge on any atom is -0.309 e. The normalized spacial score (nSPS) is 11.2. The first-order valence-electron chi connectivity index (χ1n) is 19.5. The Hall–Kier alpha value is -6.88. The molecular formula is C55H33N3U. The Morgan fingerprint density at radius 1 is 0.407 bits per heavy atom. The van der Waals surface area contributed by atoms with Crippen LogP contribution in [0.2, 0.25) is 0 Å². The number of nitrogens with zero attached hydrogens (tertiary/aromatic N) is 3. The molecule has 0 aliphatic carbocycles. The maximum Gasteiger partial charge on any atom is 2.00 e. The fraction of sp³-hybridized carbons (Fsp3) is 0. The van der Waals surface area contributed by atoms with Crippen LogP contribution >= 0.6 is 0 Å². The van der Waals surface area contributed by atoms with Crippen molar-refractivity contribution in [1.29, 1.82) is 5.26 Å². The number of hydrogen-bond donors (Lipinski definition) is 0. The molecule has 0 spiro atoms. The van der Waals surface area contributed by atoms with Gasteiger partial charge in [-0.15, -0.1) is 23.8 Å². The van der Waals surface area contributed by atoms with E-state index in [9.17, 15) is 5.26 Å². The number of rotatable bonds is 6. The Morgan fingerprint density at radius 2 is 1.00 bits per heavy atom. The van der Waals surface area contributed by atoms with Crippen LogP contribution in [0.25, 0.3) is 99.5 Å². The van der Waals surface area contributed by atoms with E-state index in [2.05, 4.69) is 185 Å². The molecule has 0 atom stereocenters. The summed E-state index contributed by atoms with van der Waals surface area (Å²) in [6.45, 7) is 0. The van der Waals surface area contributed by atoms with Gasteiger partial charge in [-0.2, -0.15) is 47.2 Å². The minimum atomic E-state index is 0. The van der Waals surface area contributed by atoms with Crippen molar-refractivity contribution in [2.24, 2.45) is 0 Å². The first-order chi connectivity index (χ1) is 28.7. The van der Waals surface area contributed by atoms with Gasteiger partial charge in [-0.1, -0.05) is 90.5 Å². The third-order valence-electron chi connectivity index (χ3n) is 11.3. The topological polar surface area (TPSA) is 33.6 Å². The molecule has 2 aromatic heterocycles. The van der Waals surface area contributed by atoms with Gasteiger partial charge in [-0.05, 0) is 95.1 Å². The smallest absolute Gasteiger partial charge is 0.309 e. The van der Waals surface area contributed by atoms with E-state index in [0.29, 0.717) is 5.56 Å². The van der Waals surface area contributed by atoms with Gasteiger partial charge in [0.05, 0.1) is 33.7 Å². The molecule has 9 aromatic carbocycles. The van der Waals surface area contributed by atoms with Gasteiger partial charge in [0.15, 0.2) is 0 Å². The summed E-state index contributed by atoms with van der Waals surface area (Å²) in [5.74, 6) is 0. The van der Waals surface area contributed by atoms with Crippen LogP contribution in [-0.2, 0) is 0 Å². The van der Waals surface area contributed by atoms with E-state index in [1.54, 1.807) is 0 Å². The van der Waals surface area contributed by atoms with Crippen molar-refractivity contribution in [3.63, 3.8) is 0 Å². The predicted octanol–water partition coefficient (Wildman–Crippen LogP) is 14.0. The Bertz CT molecular complexity index is 3390. The van der Waals surface area contributed by atoms with Gasteiger partial charge in [-0.3, -0.25) is 0 Å². The number of nitriles is 1. The van der Waals surface area contributed by atoms with Gasteiger partial charge < -0.3 is 9.13 Å². The molecule has 11 aromatic rings. The molecular weight excluding hydrogens is 941 g/mol. The van der Waals surface area contributed by atoms with Crippen molar-refractivity contribution in [2.45, 2.75) is 0 Å². The van der Waals surface area contributed by atoms with Crippen LogP contribution in [0.15, 0.2) is 200 Å². The SMILES string of the molecule is N#Cc1ccc(-n2c3ccccc3c3c(-c4cccc(-c5ccc6c(c5)c5cc(-c7[c-]c(-c8[c-]cccc8)ccc7)ccc5n6-c5ccccc5)c4)cccc32)cc1.[U+2]. The van der Waals surface area contributed by atoms with E-state index < -0.39 is 0 Å². The second kappa shape index (κ2) is 15.1. The van der Waals surface area contributed by atoms with Crippen molar-refractivity contribution >= 4 is 43.6 Å². The number of hydrogen-bond acceptors (Lipinski definition) is 1. The summed E-state index contributed by atoms with van der Waals surface area (Å²) >= 11 is 0. The van der Waals surface area contributed by atoms with Crippen LogP contribution in [0, 0.1) is 54.6 Å². The largest absolute Gasteiger partial charge is 2.00 e. The third kappa shape index (κ3) is 6.28. The van der Waals surface area contributed by atoms with Gasteiger partial charge in [0.2, 0.25) is 0 Å². The molecule has 0 saturated carbocycles. The quantitative estimate of drug-likeness (QED) is 0.153. The summed E-state index contributed by atoms with van der Waals surface area (Å²) in [4.78, 5) is 0. The van der Waals surface area contributed by atoms with Gasteiger partial charge >= 0.3 is 31.1 Å². The molecule has 0 saturated heterocycles. The molecule has 0 fully saturated rings. The second-order valence-electron chi connectivity index (χ2n) is 14.7. The van der Waals surface area contributed by atoms with Crippen molar-refractivity contribution in [3.05, 3.63) is 218 Å². The zero-order chi connectivity index (χ0) is 38.6. The summed E-state index contributed by atoms with van der Waals surface area (Å²) in [6, 6.07) is 80.0. The monoisotopic (exact) mass is 973 g/mol. The molecule has 59 heavy (non-hydrogen) atoms. The summed E-state index contributed by atoms with van der Waals surface area (Å²) in [7, 11) is 0. The molecule has 0 aliphatic rings. The first kappa shape index (κ1) is 36.5. The molecule has 0 N–H and O–H groups in total. The average molecular weight is 974 g/mol. The van der Waals surface area contributed by atoms with Gasteiger partial charge in [0.1, 0.15) is 0 Å². The number of para-hydroxylation sites is 2. The Labute approximate surface area is 366 Å². The van der Waals surface area contributed by atoms with Crippen LogP contribution in [0.5, 0.6) is 0 Å². The fourth-order valence-electron chi connectivity index (χ4n) is 8.67. The van der Waals surface area contributed by atoms with E-state index in [0.717, 1.165) is 72.4 Å². The maximum atomic E-state index is 9.45. The molecule has 0 unspecified atom stereocenters. The van der Waals surface area contributed by atoms with Crippen molar-refractivity contribution in [3.8, 4) is 62.0 Å². The summed E-state index contributed by atoms with van der Waals surface area (Å²) < 4.78 is 4.68. The van der Waals surface area contributed by atoms with Crippen molar-refractivity contribution < 1.29 is 31.1 Å². The predicted molar refractivity (Wildman–Crippen MR) is 239 cm³/mol. The van der Waals surface area contributed by atoms with Crippen LogP contribution in [0.4, 0.5) is 0 Å². The maximum absolute atomic E-state index is 9.45. The Balaban J connectivity index is 0.00000420. The molecule has 11 rings (SSSR count). The minimum absolute atomic E-state index is 0. The summed E-state index contributed by atoms with van der Waals surface area (Å²) in [5.41, 5.74) is 16.3. The third-order valence-corrected chi connectivity index (χ3v) is 11.3. The van der Waals surface area contributed by atoms with Gasteiger partial charge in [0, 0.05) is 32.9 Å². The second-order valence-corrected chi connectivity index (χ2v) is 14.7. The van der Waals surface area contributed by atoms with E-state index >= 15 is 0 Å².